The quantitative estimate of drug-likeness (QED) is 0.201. The summed E-state index contributed by atoms with van der Waals surface area (Å²) < 4.78 is 5.86. The van der Waals surface area contributed by atoms with Crippen molar-refractivity contribution in [3.8, 4) is 0 Å². The number of allylic oxidation sites excluding steroid dienone is 4. The summed E-state index contributed by atoms with van der Waals surface area (Å²) in [5.74, 6) is 0. The monoisotopic (exact) mass is 472 g/mol. The summed E-state index contributed by atoms with van der Waals surface area (Å²) in [7, 11) is 0. The van der Waals surface area contributed by atoms with Crippen LogP contribution in [0.25, 0.3) is 35.1 Å². The first-order valence-electron chi connectivity index (χ1n) is 13.0. The summed E-state index contributed by atoms with van der Waals surface area (Å²) in [4.78, 5) is 0. The molecule has 0 fully saturated rings. The third kappa shape index (κ3) is 5.12. The number of unbranched alkanes of at least 4 members (excludes halogenated alkanes) is 7. The Labute approximate surface area is 207 Å². The molecule has 0 unspecified atom stereocenters. The molecule has 5 rings (SSSR count). The standard InChI is InChI=1S/C31H36S2/c1-3-4-5-6-7-8-9-10-11-23-14-18-26-28(20-23)32-31-27-19-17-25(21-29(27)33-30(26)31)24-15-12-22(2)13-16-24/h12,14-15,17-21H,3-11,13,16H2,1-2H3. The van der Waals surface area contributed by atoms with E-state index in [-0.39, 0.29) is 0 Å². The second-order valence-electron chi connectivity index (χ2n) is 9.83. The van der Waals surface area contributed by atoms with Gasteiger partial charge in [0.25, 0.3) is 0 Å². The summed E-state index contributed by atoms with van der Waals surface area (Å²) >= 11 is 3.98. The molecule has 0 amide bonds. The van der Waals surface area contributed by atoms with Crippen molar-refractivity contribution in [2.45, 2.75) is 84.5 Å². The molecule has 1 aliphatic rings. The van der Waals surface area contributed by atoms with Crippen LogP contribution in [0.3, 0.4) is 0 Å². The fraction of sp³-hybridized carbons (Fsp3) is 0.419. The summed E-state index contributed by atoms with van der Waals surface area (Å²) in [5, 5.41) is 2.89. The molecule has 0 aliphatic heterocycles. The van der Waals surface area contributed by atoms with Crippen LogP contribution in [0.4, 0.5) is 0 Å². The van der Waals surface area contributed by atoms with E-state index >= 15 is 0 Å². The second kappa shape index (κ2) is 10.6. The van der Waals surface area contributed by atoms with Crippen LogP contribution in [0.2, 0.25) is 0 Å². The van der Waals surface area contributed by atoms with Gasteiger partial charge in [-0.1, -0.05) is 93.9 Å². The molecule has 0 spiro atoms. The summed E-state index contributed by atoms with van der Waals surface area (Å²) in [5.41, 5.74) is 5.89. The highest BCUT2D eigenvalue weighted by Gasteiger charge is 2.14. The lowest BCUT2D eigenvalue weighted by Crippen LogP contribution is -1.90. The fourth-order valence-corrected chi connectivity index (χ4v) is 7.86. The number of rotatable bonds is 10. The van der Waals surface area contributed by atoms with Gasteiger partial charge in [-0.05, 0) is 61.4 Å². The highest BCUT2D eigenvalue weighted by molar-refractivity contribution is 7.36. The fourth-order valence-electron chi connectivity index (χ4n) is 5.10. The average Bonchev–Trinajstić information content (AvgIpc) is 3.36. The lowest BCUT2D eigenvalue weighted by molar-refractivity contribution is 0.575. The molecule has 2 aromatic carbocycles. The van der Waals surface area contributed by atoms with Crippen molar-refractivity contribution in [2.75, 3.05) is 0 Å². The normalized spacial score (nSPS) is 14.4. The molecule has 2 aromatic heterocycles. The van der Waals surface area contributed by atoms with Gasteiger partial charge in [0.1, 0.15) is 0 Å². The molecule has 2 heterocycles. The largest absolute Gasteiger partial charge is 0.134 e. The molecule has 33 heavy (non-hydrogen) atoms. The van der Waals surface area contributed by atoms with Gasteiger partial charge in [-0.2, -0.15) is 0 Å². The van der Waals surface area contributed by atoms with Gasteiger partial charge in [-0.25, -0.2) is 0 Å². The predicted octanol–water partition coefficient (Wildman–Crippen LogP) is 11.1. The number of aryl methyl sites for hydroxylation is 1. The van der Waals surface area contributed by atoms with Crippen molar-refractivity contribution in [3.05, 3.63) is 65.3 Å². The van der Waals surface area contributed by atoms with Crippen molar-refractivity contribution < 1.29 is 0 Å². The van der Waals surface area contributed by atoms with Crippen molar-refractivity contribution in [2.24, 2.45) is 0 Å². The Kier molecular flexibility index (Phi) is 7.33. The zero-order valence-electron chi connectivity index (χ0n) is 20.2. The highest BCUT2D eigenvalue weighted by Crippen LogP contribution is 2.45. The van der Waals surface area contributed by atoms with Crippen molar-refractivity contribution in [3.63, 3.8) is 0 Å². The highest BCUT2D eigenvalue weighted by atomic mass is 32.1. The number of benzene rings is 2. The predicted molar refractivity (Wildman–Crippen MR) is 152 cm³/mol. The minimum atomic E-state index is 1.16. The number of hydrogen-bond acceptors (Lipinski definition) is 2. The number of fused-ring (bicyclic) bond motifs is 5. The molecule has 0 saturated heterocycles. The molecular formula is C31H36S2. The zero-order valence-corrected chi connectivity index (χ0v) is 21.8. The Morgan fingerprint density at radius 3 is 2.06 bits per heavy atom. The maximum atomic E-state index is 2.47. The van der Waals surface area contributed by atoms with Crippen LogP contribution in [-0.2, 0) is 6.42 Å². The number of thiophene rings is 2. The summed E-state index contributed by atoms with van der Waals surface area (Å²) in [6, 6.07) is 14.4. The van der Waals surface area contributed by atoms with Gasteiger partial charge in [0, 0.05) is 20.2 Å². The van der Waals surface area contributed by atoms with Gasteiger partial charge >= 0.3 is 0 Å². The van der Waals surface area contributed by atoms with Crippen LogP contribution in [0.5, 0.6) is 0 Å². The Hall–Kier alpha value is -1.90. The van der Waals surface area contributed by atoms with E-state index in [0.717, 1.165) is 6.42 Å². The van der Waals surface area contributed by atoms with Gasteiger partial charge < -0.3 is 0 Å². The summed E-state index contributed by atoms with van der Waals surface area (Å²) in [6.07, 6.45) is 19.3. The molecule has 0 bridgehead atoms. The molecule has 0 atom stereocenters. The third-order valence-corrected chi connectivity index (χ3v) is 9.70. The van der Waals surface area contributed by atoms with E-state index in [1.165, 1.54) is 116 Å². The van der Waals surface area contributed by atoms with Gasteiger partial charge in [0.15, 0.2) is 0 Å². The molecule has 0 nitrogen and oxygen atoms in total. The van der Waals surface area contributed by atoms with E-state index in [4.69, 9.17) is 0 Å². The minimum absolute atomic E-state index is 1.16. The van der Waals surface area contributed by atoms with Crippen molar-refractivity contribution >= 4 is 57.8 Å². The first-order valence-corrected chi connectivity index (χ1v) is 14.6. The molecule has 2 heteroatoms. The SMILES string of the molecule is CCCCCCCCCCc1ccc2c(c1)sc1c3ccc(C4=CC=C(C)CC4)cc3sc21. The first kappa shape index (κ1) is 22.9. The van der Waals surface area contributed by atoms with Gasteiger partial charge in [0.2, 0.25) is 0 Å². The minimum Gasteiger partial charge on any atom is -0.134 e. The van der Waals surface area contributed by atoms with E-state index in [9.17, 15) is 0 Å². The third-order valence-electron chi connectivity index (χ3n) is 7.19. The van der Waals surface area contributed by atoms with Crippen LogP contribution in [0.1, 0.15) is 89.2 Å². The van der Waals surface area contributed by atoms with Crippen molar-refractivity contribution in [1.82, 2.24) is 0 Å². The Morgan fingerprint density at radius 1 is 0.697 bits per heavy atom. The Balaban J connectivity index is 1.29. The Morgan fingerprint density at radius 2 is 1.36 bits per heavy atom. The van der Waals surface area contributed by atoms with E-state index in [1.807, 2.05) is 22.7 Å². The Bertz CT molecular complexity index is 1310. The first-order chi connectivity index (χ1) is 16.2. The van der Waals surface area contributed by atoms with E-state index < -0.39 is 0 Å². The molecule has 0 radical (unpaired) electrons. The maximum Gasteiger partial charge on any atom is 0.0542 e. The van der Waals surface area contributed by atoms with Crippen LogP contribution < -0.4 is 0 Å². The van der Waals surface area contributed by atoms with E-state index in [1.54, 1.807) is 0 Å². The maximum absolute atomic E-state index is 2.47. The number of hydrogen-bond donors (Lipinski definition) is 0. The van der Waals surface area contributed by atoms with E-state index in [2.05, 4.69) is 62.4 Å². The van der Waals surface area contributed by atoms with Crippen molar-refractivity contribution in [1.29, 1.82) is 0 Å². The lowest BCUT2D eigenvalue weighted by Gasteiger charge is -2.12. The van der Waals surface area contributed by atoms with Gasteiger partial charge in [-0.3, -0.25) is 0 Å². The molecule has 0 saturated carbocycles. The second-order valence-corrected chi connectivity index (χ2v) is 11.9. The molecule has 4 aromatic rings. The summed E-state index contributed by atoms with van der Waals surface area (Å²) in [6.45, 7) is 4.52. The zero-order chi connectivity index (χ0) is 22.6. The lowest BCUT2D eigenvalue weighted by atomic mass is 9.94. The van der Waals surface area contributed by atoms with Gasteiger partial charge in [-0.15, -0.1) is 22.7 Å². The molecule has 1 aliphatic carbocycles. The molecular weight excluding hydrogens is 436 g/mol. The molecule has 172 valence electrons. The van der Waals surface area contributed by atoms with Crippen LogP contribution in [0, 0.1) is 0 Å². The average molecular weight is 473 g/mol. The van der Waals surface area contributed by atoms with Crippen LogP contribution in [-0.4, -0.2) is 0 Å². The van der Waals surface area contributed by atoms with Crippen LogP contribution >= 0.6 is 22.7 Å². The van der Waals surface area contributed by atoms with Crippen LogP contribution in [0.15, 0.2) is 54.1 Å². The topological polar surface area (TPSA) is 0 Å². The molecule has 0 N–H and O–H groups in total. The smallest absolute Gasteiger partial charge is 0.0542 e. The van der Waals surface area contributed by atoms with Gasteiger partial charge in [0.05, 0.1) is 9.40 Å². The van der Waals surface area contributed by atoms with E-state index in [0.29, 0.717) is 0 Å².